The number of carbonyl (C=O) groups excluding carboxylic acids is 1. The third kappa shape index (κ3) is 1.72. The molecule has 0 heterocycles. The summed E-state index contributed by atoms with van der Waals surface area (Å²) < 4.78 is 0. The molecule has 2 aliphatic carbocycles. The molecule has 0 radical (unpaired) electrons. The van der Waals surface area contributed by atoms with Gasteiger partial charge in [-0.1, -0.05) is 31.5 Å². The van der Waals surface area contributed by atoms with E-state index in [0.29, 0.717) is 12.3 Å². The van der Waals surface area contributed by atoms with Crippen LogP contribution >= 0.6 is 0 Å². The highest BCUT2D eigenvalue weighted by Crippen LogP contribution is 2.55. The van der Waals surface area contributed by atoms with Crippen LogP contribution in [0.2, 0.25) is 0 Å². The van der Waals surface area contributed by atoms with Crippen molar-refractivity contribution in [1.82, 2.24) is 0 Å². The average Bonchev–Trinajstić information content (AvgIpc) is 2.65. The molecule has 1 heteroatoms. The topological polar surface area (TPSA) is 17.1 Å². The van der Waals surface area contributed by atoms with Crippen molar-refractivity contribution in [3.63, 3.8) is 0 Å². The Morgan fingerprint density at radius 3 is 2.94 bits per heavy atom. The third-order valence-electron chi connectivity index (χ3n) is 5.16. The summed E-state index contributed by atoms with van der Waals surface area (Å²) in [6, 6.07) is 6.70. The molecule has 0 saturated heterocycles. The lowest BCUT2D eigenvalue weighted by Crippen LogP contribution is -2.21. The van der Waals surface area contributed by atoms with Crippen molar-refractivity contribution in [1.29, 1.82) is 0 Å². The van der Waals surface area contributed by atoms with Crippen molar-refractivity contribution in [2.45, 2.75) is 51.4 Å². The van der Waals surface area contributed by atoms with E-state index < -0.39 is 0 Å². The zero-order valence-electron chi connectivity index (χ0n) is 11.4. The fourth-order valence-corrected chi connectivity index (χ4v) is 4.40. The summed E-state index contributed by atoms with van der Waals surface area (Å²) in [7, 11) is 0. The van der Waals surface area contributed by atoms with Crippen LogP contribution in [0.25, 0.3) is 0 Å². The fourth-order valence-electron chi connectivity index (χ4n) is 4.40. The second-order valence-electron chi connectivity index (χ2n) is 6.28. The number of benzene rings is 1. The standard InChI is InChI=1S/C17H22O/c1-11-6-7-13-14-5-3-4-12(2)17(14)15(8-9-18)16(13)10-11/h3-5,9,11,13,15-16H,6-8,10H2,1-2H3/t11-,13+,15-,16?/m1/s1. The predicted octanol–water partition coefficient (Wildman–Crippen LogP) is 4.20. The van der Waals surface area contributed by atoms with Gasteiger partial charge >= 0.3 is 0 Å². The molecule has 1 saturated carbocycles. The van der Waals surface area contributed by atoms with Crippen molar-refractivity contribution < 1.29 is 4.79 Å². The lowest BCUT2D eigenvalue weighted by atomic mass is 9.71. The summed E-state index contributed by atoms with van der Waals surface area (Å²) in [4.78, 5) is 11.0. The van der Waals surface area contributed by atoms with Gasteiger partial charge in [-0.05, 0) is 60.1 Å². The van der Waals surface area contributed by atoms with E-state index in [2.05, 4.69) is 32.0 Å². The van der Waals surface area contributed by atoms with Gasteiger partial charge < -0.3 is 4.79 Å². The number of hydrogen-bond acceptors (Lipinski definition) is 1. The molecule has 1 aromatic carbocycles. The molecular formula is C17H22O. The van der Waals surface area contributed by atoms with Gasteiger partial charge in [0.15, 0.2) is 0 Å². The zero-order chi connectivity index (χ0) is 12.7. The average molecular weight is 242 g/mol. The quantitative estimate of drug-likeness (QED) is 0.710. The van der Waals surface area contributed by atoms with E-state index in [1.165, 1.54) is 30.4 Å². The van der Waals surface area contributed by atoms with E-state index in [1.54, 1.807) is 5.56 Å². The lowest BCUT2D eigenvalue weighted by Gasteiger charge is -2.33. The highest BCUT2D eigenvalue weighted by Gasteiger charge is 2.43. The largest absolute Gasteiger partial charge is 0.303 e. The van der Waals surface area contributed by atoms with Crippen molar-refractivity contribution in [3.8, 4) is 0 Å². The Kier molecular flexibility index (Phi) is 3.01. The van der Waals surface area contributed by atoms with E-state index in [0.717, 1.165) is 24.0 Å². The third-order valence-corrected chi connectivity index (χ3v) is 5.16. The van der Waals surface area contributed by atoms with Crippen LogP contribution < -0.4 is 0 Å². The summed E-state index contributed by atoms with van der Waals surface area (Å²) in [5.41, 5.74) is 4.45. The monoisotopic (exact) mass is 242 g/mol. The summed E-state index contributed by atoms with van der Waals surface area (Å²) in [5, 5.41) is 0. The van der Waals surface area contributed by atoms with Crippen LogP contribution in [0.15, 0.2) is 18.2 Å². The minimum atomic E-state index is 0.492. The second kappa shape index (κ2) is 4.53. The Hall–Kier alpha value is -1.11. The van der Waals surface area contributed by atoms with Gasteiger partial charge in [0.2, 0.25) is 0 Å². The maximum atomic E-state index is 11.0. The molecule has 18 heavy (non-hydrogen) atoms. The Morgan fingerprint density at radius 2 is 2.17 bits per heavy atom. The number of carbonyl (C=O) groups is 1. The number of aldehydes is 1. The van der Waals surface area contributed by atoms with Crippen molar-refractivity contribution in [2.75, 3.05) is 0 Å². The van der Waals surface area contributed by atoms with Gasteiger partial charge in [-0.25, -0.2) is 0 Å². The molecule has 0 amide bonds. The van der Waals surface area contributed by atoms with Crippen molar-refractivity contribution >= 4 is 6.29 Å². The molecular weight excluding hydrogens is 220 g/mol. The van der Waals surface area contributed by atoms with Gasteiger partial charge in [0.25, 0.3) is 0 Å². The molecule has 0 aromatic heterocycles. The van der Waals surface area contributed by atoms with Crippen LogP contribution in [-0.4, -0.2) is 6.29 Å². The van der Waals surface area contributed by atoms with Gasteiger partial charge in [-0.3, -0.25) is 0 Å². The van der Waals surface area contributed by atoms with Crippen LogP contribution in [0.4, 0.5) is 0 Å². The van der Waals surface area contributed by atoms with E-state index in [1.807, 2.05) is 0 Å². The van der Waals surface area contributed by atoms with Crippen LogP contribution in [0, 0.1) is 18.8 Å². The van der Waals surface area contributed by atoms with E-state index >= 15 is 0 Å². The number of aryl methyl sites for hydroxylation is 1. The maximum Gasteiger partial charge on any atom is 0.120 e. The molecule has 1 nitrogen and oxygen atoms in total. The van der Waals surface area contributed by atoms with Crippen LogP contribution in [0.1, 0.15) is 61.1 Å². The van der Waals surface area contributed by atoms with Gasteiger partial charge in [0.1, 0.15) is 6.29 Å². The first-order valence-electron chi connectivity index (χ1n) is 7.25. The molecule has 96 valence electrons. The smallest absolute Gasteiger partial charge is 0.120 e. The second-order valence-corrected chi connectivity index (χ2v) is 6.28. The van der Waals surface area contributed by atoms with Gasteiger partial charge in [-0.2, -0.15) is 0 Å². The number of fused-ring (bicyclic) bond motifs is 3. The summed E-state index contributed by atoms with van der Waals surface area (Å²) >= 11 is 0. The molecule has 0 N–H and O–H groups in total. The van der Waals surface area contributed by atoms with Gasteiger partial charge in [0, 0.05) is 6.42 Å². The fraction of sp³-hybridized carbons (Fsp3) is 0.588. The number of hydrogen-bond donors (Lipinski definition) is 0. The normalized spacial score (nSPS) is 33.9. The molecule has 0 spiro atoms. The summed E-state index contributed by atoms with van der Waals surface area (Å²) in [6.45, 7) is 4.57. The first-order valence-corrected chi connectivity index (χ1v) is 7.25. The minimum Gasteiger partial charge on any atom is -0.303 e. The number of rotatable bonds is 2. The first-order chi connectivity index (χ1) is 8.72. The van der Waals surface area contributed by atoms with Crippen LogP contribution in [-0.2, 0) is 4.79 Å². The molecule has 1 aromatic rings. The highest BCUT2D eigenvalue weighted by molar-refractivity contribution is 5.56. The molecule has 0 bridgehead atoms. The van der Waals surface area contributed by atoms with Crippen LogP contribution in [0.5, 0.6) is 0 Å². The highest BCUT2D eigenvalue weighted by atomic mass is 16.1. The first kappa shape index (κ1) is 12.0. The van der Waals surface area contributed by atoms with E-state index in [-0.39, 0.29) is 0 Å². The zero-order valence-corrected chi connectivity index (χ0v) is 11.4. The summed E-state index contributed by atoms with van der Waals surface area (Å²) in [6.07, 6.45) is 5.81. The van der Waals surface area contributed by atoms with E-state index in [9.17, 15) is 4.79 Å². The molecule has 2 aliphatic rings. The molecule has 1 unspecified atom stereocenters. The predicted molar refractivity (Wildman–Crippen MR) is 73.8 cm³/mol. The van der Waals surface area contributed by atoms with Crippen LogP contribution in [0.3, 0.4) is 0 Å². The Labute approximate surface area is 110 Å². The Morgan fingerprint density at radius 1 is 1.33 bits per heavy atom. The van der Waals surface area contributed by atoms with Crippen molar-refractivity contribution in [3.05, 3.63) is 34.9 Å². The minimum absolute atomic E-state index is 0.492. The molecule has 4 atom stereocenters. The van der Waals surface area contributed by atoms with Gasteiger partial charge in [0.05, 0.1) is 0 Å². The molecule has 1 fully saturated rings. The van der Waals surface area contributed by atoms with Crippen molar-refractivity contribution in [2.24, 2.45) is 11.8 Å². The SMILES string of the molecule is Cc1cccc2c1[C@H](CC=O)C1C[C@H](C)CC[C@@H]21. The molecule has 0 aliphatic heterocycles. The Bertz CT molecular complexity index is 463. The molecule has 3 rings (SSSR count). The van der Waals surface area contributed by atoms with E-state index in [4.69, 9.17) is 0 Å². The lowest BCUT2D eigenvalue weighted by molar-refractivity contribution is -0.108. The van der Waals surface area contributed by atoms with Gasteiger partial charge in [-0.15, -0.1) is 0 Å². The maximum absolute atomic E-state index is 11.0. The Balaban J connectivity index is 2.05. The summed E-state index contributed by atoms with van der Waals surface area (Å²) in [5.74, 6) is 2.76.